The largest absolute Gasteiger partial charge is 0.497 e. The maximum Gasteiger partial charge on any atom is 0.252 e. The topological polar surface area (TPSA) is 89.0 Å². The van der Waals surface area contributed by atoms with E-state index in [1.54, 1.807) is 31.4 Å². The summed E-state index contributed by atoms with van der Waals surface area (Å²) in [6.45, 7) is 4.09. The van der Waals surface area contributed by atoms with E-state index in [2.05, 4.69) is 31.8 Å². The minimum absolute atomic E-state index is 0.217. The molecule has 182 valence electrons. The van der Waals surface area contributed by atoms with Crippen LogP contribution in [0, 0.1) is 11.8 Å². The van der Waals surface area contributed by atoms with Crippen LogP contribution < -0.4 is 20.2 Å². The van der Waals surface area contributed by atoms with Gasteiger partial charge in [-0.1, -0.05) is 41.9 Å². The first-order valence-corrected chi connectivity index (χ1v) is 11.9. The molecular formula is C27H28BrN3O4. The Labute approximate surface area is 213 Å². The molecule has 3 rings (SSSR count). The molecular weight excluding hydrogens is 510 g/mol. The van der Waals surface area contributed by atoms with Crippen LogP contribution in [0.25, 0.3) is 0 Å². The predicted octanol–water partition coefficient (Wildman–Crippen LogP) is 5.40. The van der Waals surface area contributed by atoms with Crippen LogP contribution in [-0.4, -0.2) is 25.1 Å². The van der Waals surface area contributed by atoms with Gasteiger partial charge in [0, 0.05) is 10.2 Å². The predicted molar refractivity (Wildman–Crippen MR) is 141 cm³/mol. The number of nitrogens with one attached hydrogen (secondary N) is 2. The highest BCUT2D eigenvalue weighted by atomic mass is 79.9. The smallest absolute Gasteiger partial charge is 0.252 e. The zero-order valence-electron chi connectivity index (χ0n) is 19.8. The summed E-state index contributed by atoms with van der Waals surface area (Å²) < 4.78 is 11.9. The summed E-state index contributed by atoms with van der Waals surface area (Å²) in [6.07, 6.45) is 1.52. The Morgan fingerprint density at radius 3 is 2.14 bits per heavy atom. The van der Waals surface area contributed by atoms with E-state index < -0.39 is 17.7 Å². The number of ether oxygens (including phenoxy) is 2. The minimum Gasteiger partial charge on any atom is -0.497 e. The molecule has 0 heterocycles. The SMILES string of the molecule is COc1ccc(NC(=O)C(C(=O)NN=Cc2ccc(OCc3ccc(Br)cc3)cc2)C(C)C)cc1. The first-order valence-electron chi connectivity index (χ1n) is 11.1. The molecule has 1 unspecified atom stereocenters. The number of amides is 2. The Morgan fingerprint density at radius 1 is 0.914 bits per heavy atom. The van der Waals surface area contributed by atoms with Crippen molar-refractivity contribution in [1.82, 2.24) is 5.43 Å². The van der Waals surface area contributed by atoms with Crippen LogP contribution in [0.5, 0.6) is 11.5 Å². The van der Waals surface area contributed by atoms with Gasteiger partial charge in [0.25, 0.3) is 5.91 Å². The van der Waals surface area contributed by atoms with Gasteiger partial charge in [-0.2, -0.15) is 5.10 Å². The van der Waals surface area contributed by atoms with Gasteiger partial charge in [0.05, 0.1) is 13.3 Å². The van der Waals surface area contributed by atoms with Crippen molar-refractivity contribution < 1.29 is 19.1 Å². The molecule has 0 saturated heterocycles. The lowest BCUT2D eigenvalue weighted by Crippen LogP contribution is -2.39. The second-order valence-electron chi connectivity index (χ2n) is 8.16. The van der Waals surface area contributed by atoms with Crippen LogP contribution in [0.2, 0.25) is 0 Å². The van der Waals surface area contributed by atoms with Crippen LogP contribution in [0.3, 0.4) is 0 Å². The number of benzene rings is 3. The molecule has 3 aromatic rings. The number of hydrogen-bond donors (Lipinski definition) is 2. The number of halogens is 1. The third kappa shape index (κ3) is 7.96. The highest BCUT2D eigenvalue weighted by Crippen LogP contribution is 2.19. The van der Waals surface area contributed by atoms with Crippen LogP contribution in [-0.2, 0) is 16.2 Å². The number of rotatable bonds is 10. The molecule has 7 nitrogen and oxygen atoms in total. The quantitative estimate of drug-likeness (QED) is 0.206. The first kappa shape index (κ1) is 26.0. The van der Waals surface area contributed by atoms with Crippen molar-refractivity contribution in [3.8, 4) is 11.5 Å². The summed E-state index contributed by atoms with van der Waals surface area (Å²) in [4.78, 5) is 25.4. The molecule has 3 aromatic carbocycles. The van der Waals surface area contributed by atoms with Gasteiger partial charge >= 0.3 is 0 Å². The molecule has 0 bridgehead atoms. The van der Waals surface area contributed by atoms with Gasteiger partial charge in [-0.05, 0) is 77.7 Å². The Bertz CT molecular complexity index is 1140. The fourth-order valence-corrected chi connectivity index (χ4v) is 3.52. The Hall–Kier alpha value is -3.65. The molecule has 0 aliphatic rings. The zero-order chi connectivity index (χ0) is 25.2. The summed E-state index contributed by atoms with van der Waals surface area (Å²) in [6, 6.07) is 22.2. The maximum atomic E-state index is 12.7. The number of methoxy groups -OCH3 is 1. The third-order valence-corrected chi connectivity index (χ3v) is 5.71. The van der Waals surface area contributed by atoms with Crippen molar-refractivity contribution in [3.05, 3.63) is 88.4 Å². The molecule has 0 aliphatic heterocycles. The van der Waals surface area contributed by atoms with E-state index in [0.717, 1.165) is 21.3 Å². The summed E-state index contributed by atoms with van der Waals surface area (Å²) >= 11 is 3.42. The molecule has 1 atom stereocenters. The molecule has 0 fully saturated rings. The van der Waals surface area contributed by atoms with Crippen LogP contribution in [0.4, 0.5) is 5.69 Å². The lowest BCUT2D eigenvalue weighted by atomic mass is 9.94. The third-order valence-electron chi connectivity index (χ3n) is 5.18. The van der Waals surface area contributed by atoms with Gasteiger partial charge < -0.3 is 14.8 Å². The molecule has 2 N–H and O–H groups in total. The minimum atomic E-state index is -0.899. The second kappa shape index (κ2) is 12.7. The number of carbonyl (C=O) groups excluding carboxylic acids is 2. The fraction of sp³-hybridized carbons (Fsp3) is 0.222. The number of carbonyl (C=O) groups is 2. The molecule has 0 aliphatic carbocycles. The molecule has 0 radical (unpaired) electrons. The summed E-state index contributed by atoms with van der Waals surface area (Å²) in [5, 5.41) is 6.80. The van der Waals surface area contributed by atoms with Crippen molar-refractivity contribution in [2.24, 2.45) is 16.9 Å². The molecule has 35 heavy (non-hydrogen) atoms. The molecule has 2 amide bonds. The maximum absolute atomic E-state index is 12.7. The number of anilines is 1. The average Bonchev–Trinajstić information content (AvgIpc) is 2.85. The Kier molecular flexibility index (Phi) is 9.43. The van der Waals surface area contributed by atoms with E-state index in [1.165, 1.54) is 6.21 Å². The van der Waals surface area contributed by atoms with Crippen molar-refractivity contribution in [3.63, 3.8) is 0 Å². The van der Waals surface area contributed by atoms with Crippen molar-refractivity contribution in [1.29, 1.82) is 0 Å². The zero-order valence-corrected chi connectivity index (χ0v) is 21.4. The van der Waals surface area contributed by atoms with Crippen LogP contribution >= 0.6 is 15.9 Å². The van der Waals surface area contributed by atoms with Crippen molar-refractivity contribution in [2.75, 3.05) is 12.4 Å². The number of nitrogens with zero attached hydrogens (tertiary/aromatic N) is 1. The Morgan fingerprint density at radius 2 is 1.54 bits per heavy atom. The van der Waals surface area contributed by atoms with E-state index in [0.29, 0.717) is 18.0 Å². The first-order chi connectivity index (χ1) is 16.9. The number of hydrogen-bond acceptors (Lipinski definition) is 5. The van der Waals surface area contributed by atoms with Gasteiger partial charge in [0.1, 0.15) is 24.0 Å². The summed E-state index contributed by atoms with van der Waals surface area (Å²) in [5.74, 6) is -0.583. The molecule has 0 saturated carbocycles. The average molecular weight is 538 g/mol. The fourth-order valence-electron chi connectivity index (χ4n) is 3.26. The van der Waals surface area contributed by atoms with Crippen molar-refractivity contribution in [2.45, 2.75) is 20.5 Å². The highest BCUT2D eigenvalue weighted by Gasteiger charge is 2.29. The monoisotopic (exact) mass is 537 g/mol. The molecule has 0 spiro atoms. The Balaban J connectivity index is 1.52. The van der Waals surface area contributed by atoms with Gasteiger partial charge in [-0.15, -0.1) is 0 Å². The molecule has 8 heteroatoms. The molecule has 0 aromatic heterocycles. The lowest BCUT2D eigenvalue weighted by molar-refractivity contribution is -0.134. The standard InChI is InChI=1S/C27H28BrN3O4/c1-18(2)25(26(32)30-22-10-14-23(34-3)15-11-22)27(33)31-29-16-19-6-12-24(13-7-19)35-17-20-4-8-21(28)9-5-20/h4-16,18,25H,17H2,1-3H3,(H,30,32)(H,31,33). The second-order valence-corrected chi connectivity index (χ2v) is 9.07. The summed E-state index contributed by atoms with van der Waals surface area (Å²) in [7, 11) is 1.57. The van der Waals surface area contributed by atoms with E-state index in [-0.39, 0.29) is 5.92 Å². The van der Waals surface area contributed by atoms with E-state index in [9.17, 15) is 9.59 Å². The normalized spacial score (nSPS) is 11.8. The van der Waals surface area contributed by atoms with E-state index in [4.69, 9.17) is 9.47 Å². The van der Waals surface area contributed by atoms with Gasteiger partial charge in [0.15, 0.2) is 0 Å². The van der Waals surface area contributed by atoms with Gasteiger partial charge in [0.2, 0.25) is 5.91 Å². The van der Waals surface area contributed by atoms with Crippen LogP contribution in [0.15, 0.2) is 82.4 Å². The van der Waals surface area contributed by atoms with Gasteiger partial charge in [-0.25, -0.2) is 5.43 Å². The lowest BCUT2D eigenvalue weighted by Gasteiger charge is -2.18. The van der Waals surface area contributed by atoms with Crippen molar-refractivity contribution >= 4 is 39.6 Å². The van der Waals surface area contributed by atoms with E-state index >= 15 is 0 Å². The summed E-state index contributed by atoms with van der Waals surface area (Å²) in [5.41, 5.74) is 4.91. The highest BCUT2D eigenvalue weighted by molar-refractivity contribution is 9.10. The number of hydrazone groups is 1. The van der Waals surface area contributed by atoms with E-state index in [1.807, 2.05) is 62.4 Å². The van der Waals surface area contributed by atoms with Crippen LogP contribution in [0.1, 0.15) is 25.0 Å². The van der Waals surface area contributed by atoms with Gasteiger partial charge in [-0.3, -0.25) is 9.59 Å².